The number of carboxylic acid groups (broad SMARTS) is 1. The molecule has 1 aliphatic carbocycles. The molecule has 1 saturated carbocycles. The summed E-state index contributed by atoms with van der Waals surface area (Å²) in [6.07, 6.45) is 6.92. The molecule has 0 bridgehead atoms. The Morgan fingerprint density at radius 1 is 1.31 bits per heavy atom. The Kier molecular flexibility index (Phi) is 2.54. The summed E-state index contributed by atoms with van der Waals surface area (Å²) in [4.78, 5) is 11.1. The van der Waals surface area contributed by atoms with Crippen LogP contribution < -0.4 is 0 Å². The van der Waals surface area contributed by atoms with Gasteiger partial charge >= 0.3 is 5.97 Å². The topological polar surface area (TPSA) is 37.3 Å². The van der Waals surface area contributed by atoms with Crippen molar-refractivity contribution in [2.24, 2.45) is 5.92 Å². The second kappa shape index (κ2) is 3.52. The predicted octanol–water partition coefficient (Wildman–Crippen LogP) is 2.53. The molecule has 74 valence electrons. The van der Waals surface area contributed by atoms with Crippen LogP contribution in [0.1, 0.15) is 38.5 Å². The molecule has 2 rings (SSSR count). The minimum absolute atomic E-state index is 0.0576. The van der Waals surface area contributed by atoms with E-state index in [1.807, 2.05) is 11.8 Å². The summed E-state index contributed by atoms with van der Waals surface area (Å²) in [5.41, 5.74) is 0. The number of hydrogen-bond donors (Lipinski definition) is 1. The summed E-state index contributed by atoms with van der Waals surface area (Å²) in [5, 5.41) is 9.12. The molecule has 1 unspecified atom stereocenters. The van der Waals surface area contributed by atoms with Gasteiger partial charge in [-0.05, 0) is 25.0 Å². The Labute approximate surface area is 83.1 Å². The van der Waals surface area contributed by atoms with Crippen molar-refractivity contribution in [3.63, 3.8) is 0 Å². The Morgan fingerprint density at radius 3 is 2.62 bits per heavy atom. The van der Waals surface area contributed by atoms with Crippen LogP contribution in [0.2, 0.25) is 0 Å². The number of rotatable bonds is 1. The number of carboxylic acids is 1. The quantitative estimate of drug-likeness (QED) is 0.706. The van der Waals surface area contributed by atoms with Gasteiger partial charge in [0.15, 0.2) is 0 Å². The van der Waals surface area contributed by atoms with Crippen LogP contribution in [0.15, 0.2) is 0 Å². The molecule has 3 heteroatoms. The second-order valence-electron chi connectivity index (χ2n) is 4.15. The molecular formula is C10H16O2S. The van der Waals surface area contributed by atoms with Gasteiger partial charge in [-0.2, -0.15) is 11.8 Å². The molecule has 0 aromatic carbocycles. The fourth-order valence-electron chi connectivity index (χ4n) is 2.74. The fraction of sp³-hybridized carbons (Fsp3) is 0.900. The predicted molar refractivity (Wildman–Crippen MR) is 54.0 cm³/mol. The lowest BCUT2D eigenvalue weighted by molar-refractivity contribution is -0.143. The minimum Gasteiger partial charge on any atom is -0.481 e. The summed E-state index contributed by atoms with van der Waals surface area (Å²) in [6.45, 7) is 0. The Morgan fingerprint density at radius 2 is 2.00 bits per heavy atom. The van der Waals surface area contributed by atoms with Crippen LogP contribution in [0.5, 0.6) is 0 Å². The van der Waals surface area contributed by atoms with E-state index >= 15 is 0 Å². The van der Waals surface area contributed by atoms with Gasteiger partial charge < -0.3 is 5.11 Å². The van der Waals surface area contributed by atoms with Gasteiger partial charge in [-0.1, -0.05) is 19.3 Å². The Bertz CT molecular complexity index is 209. The molecule has 0 aromatic heterocycles. The van der Waals surface area contributed by atoms with Crippen LogP contribution in [0, 0.1) is 5.92 Å². The summed E-state index contributed by atoms with van der Waals surface area (Å²) < 4.78 is 0.129. The monoisotopic (exact) mass is 200 g/mol. The van der Waals surface area contributed by atoms with E-state index < -0.39 is 5.97 Å². The zero-order valence-electron chi connectivity index (χ0n) is 7.79. The van der Waals surface area contributed by atoms with Crippen molar-refractivity contribution in [2.45, 2.75) is 43.3 Å². The molecule has 0 amide bonds. The number of aliphatic carboxylic acids is 1. The van der Waals surface area contributed by atoms with Gasteiger partial charge in [0.05, 0.1) is 5.92 Å². The molecular weight excluding hydrogens is 184 g/mol. The standard InChI is InChI=1S/C10H16O2S/c11-9(12)8-4-7-13-10(8)5-2-1-3-6-10/h8H,1-7H2,(H,11,12). The fourth-order valence-corrected chi connectivity index (χ4v) is 4.49. The molecule has 2 fully saturated rings. The minimum atomic E-state index is -0.563. The van der Waals surface area contributed by atoms with E-state index in [0.29, 0.717) is 0 Å². The highest BCUT2D eigenvalue weighted by Gasteiger charge is 2.47. The first-order valence-corrected chi connectivity index (χ1v) is 6.10. The Hall–Kier alpha value is -0.180. The van der Waals surface area contributed by atoms with Gasteiger partial charge in [0.1, 0.15) is 0 Å². The second-order valence-corrected chi connectivity index (χ2v) is 5.66. The SMILES string of the molecule is O=C(O)C1CCSC12CCCCC2. The third kappa shape index (κ3) is 1.58. The van der Waals surface area contributed by atoms with Crippen LogP contribution in [-0.2, 0) is 4.79 Å². The first-order chi connectivity index (χ1) is 6.25. The van der Waals surface area contributed by atoms with Crippen molar-refractivity contribution in [3.8, 4) is 0 Å². The maximum Gasteiger partial charge on any atom is 0.307 e. The smallest absolute Gasteiger partial charge is 0.307 e. The van der Waals surface area contributed by atoms with Gasteiger partial charge in [0.2, 0.25) is 0 Å². The maximum atomic E-state index is 11.1. The summed E-state index contributed by atoms with van der Waals surface area (Å²) in [5.74, 6) is 0.432. The third-order valence-corrected chi connectivity index (χ3v) is 5.14. The van der Waals surface area contributed by atoms with E-state index in [0.717, 1.165) is 25.0 Å². The first-order valence-electron chi connectivity index (χ1n) is 5.11. The molecule has 1 saturated heterocycles. The number of thioether (sulfide) groups is 1. The molecule has 13 heavy (non-hydrogen) atoms. The zero-order chi connectivity index (χ0) is 9.31. The van der Waals surface area contributed by atoms with Gasteiger partial charge in [0.25, 0.3) is 0 Å². The average molecular weight is 200 g/mol. The van der Waals surface area contributed by atoms with Crippen molar-refractivity contribution in [1.29, 1.82) is 0 Å². The van der Waals surface area contributed by atoms with Gasteiger partial charge in [-0.25, -0.2) is 0 Å². The lowest BCUT2D eigenvalue weighted by Crippen LogP contribution is -2.37. The van der Waals surface area contributed by atoms with E-state index in [1.54, 1.807) is 0 Å². The average Bonchev–Trinajstić information content (AvgIpc) is 2.50. The molecule has 0 aromatic rings. The lowest BCUT2D eigenvalue weighted by Gasteiger charge is -2.36. The van der Waals surface area contributed by atoms with Crippen LogP contribution >= 0.6 is 11.8 Å². The highest BCUT2D eigenvalue weighted by atomic mass is 32.2. The highest BCUT2D eigenvalue weighted by Crippen LogP contribution is 2.51. The molecule has 1 N–H and O–H groups in total. The van der Waals surface area contributed by atoms with Crippen LogP contribution in [0.3, 0.4) is 0 Å². The summed E-state index contributed by atoms with van der Waals surface area (Å²) in [7, 11) is 0. The molecule has 2 aliphatic rings. The van der Waals surface area contributed by atoms with Crippen molar-refractivity contribution in [2.75, 3.05) is 5.75 Å². The third-order valence-electron chi connectivity index (χ3n) is 3.43. The zero-order valence-corrected chi connectivity index (χ0v) is 8.61. The van der Waals surface area contributed by atoms with Crippen molar-refractivity contribution in [3.05, 3.63) is 0 Å². The Balaban J connectivity index is 2.13. The summed E-state index contributed by atoms with van der Waals surface area (Å²) >= 11 is 1.92. The molecule has 1 heterocycles. The molecule has 2 nitrogen and oxygen atoms in total. The number of carbonyl (C=O) groups is 1. The van der Waals surface area contributed by atoms with Gasteiger partial charge in [-0.15, -0.1) is 0 Å². The molecule has 1 aliphatic heterocycles. The molecule has 0 radical (unpaired) electrons. The van der Waals surface area contributed by atoms with E-state index in [-0.39, 0.29) is 10.7 Å². The van der Waals surface area contributed by atoms with Gasteiger partial charge in [0, 0.05) is 4.75 Å². The normalized spacial score (nSPS) is 32.2. The van der Waals surface area contributed by atoms with E-state index in [9.17, 15) is 4.79 Å². The van der Waals surface area contributed by atoms with Crippen molar-refractivity contribution < 1.29 is 9.90 Å². The van der Waals surface area contributed by atoms with Crippen molar-refractivity contribution >= 4 is 17.7 Å². The lowest BCUT2D eigenvalue weighted by atomic mass is 9.78. The van der Waals surface area contributed by atoms with Crippen LogP contribution in [-0.4, -0.2) is 21.6 Å². The molecule has 1 spiro atoms. The maximum absolute atomic E-state index is 11.1. The number of hydrogen-bond acceptors (Lipinski definition) is 2. The highest BCUT2D eigenvalue weighted by molar-refractivity contribution is 8.01. The first kappa shape index (κ1) is 9.38. The van der Waals surface area contributed by atoms with Crippen molar-refractivity contribution in [1.82, 2.24) is 0 Å². The largest absolute Gasteiger partial charge is 0.481 e. The van der Waals surface area contributed by atoms with Crippen LogP contribution in [0.25, 0.3) is 0 Å². The van der Waals surface area contributed by atoms with E-state index in [4.69, 9.17) is 5.11 Å². The molecule has 1 atom stereocenters. The van der Waals surface area contributed by atoms with Gasteiger partial charge in [-0.3, -0.25) is 4.79 Å². The van der Waals surface area contributed by atoms with E-state index in [1.165, 1.54) is 19.3 Å². The van der Waals surface area contributed by atoms with Crippen LogP contribution in [0.4, 0.5) is 0 Å². The van der Waals surface area contributed by atoms with E-state index in [2.05, 4.69) is 0 Å². The summed E-state index contributed by atoms with van der Waals surface area (Å²) in [6, 6.07) is 0.